The van der Waals surface area contributed by atoms with Gasteiger partial charge in [0.2, 0.25) is 0 Å². The van der Waals surface area contributed by atoms with Crippen molar-refractivity contribution in [1.29, 1.82) is 0 Å². The molecule has 0 fully saturated rings. The average Bonchev–Trinajstić information content (AvgIpc) is 1.81. The predicted molar refractivity (Wildman–Crippen MR) is 50.9 cm³/mol. The molecule has 1 aromatic carbocycles. The Labute approximate surface area is 82.8 Å². The predicted octanol–water partition coefficient (Wildman–Crippen LogP) is 2.72. The van der Waals surface area contributed by atoms with Gasteiger partial charge in [-0.05, 0) is 23.8 Å². The smallest absolute Gasteiger partial charge is 0.157 e. The van der Waals surface area contributed by atoms with Gasteiger partial charge in [0, 0.05) is 10.0 Å². The number of hydrogen-bond acceptors (Lipinski definition) is 1. The summed E-state index contributed by atoms with van der Waals surface area (Å²) in [6, 6.07) is 4.80. The molecule has 0 amide bonds. The molecule has 0 spiro atoms. The van der Waals surface area contributed by atoms with Crippen molar-refractivity contribution in [2.75, 3.05) is 0 Å². The maximum absolute atomic E-state index is 10.4. The highest BCUT2D eigenvalue weighted by molar-refractivity contribution is 7.78. The first-order chi connectivity index (χ1) is 5.58. The van der Waals surface area contributed by atoms with E-state index in [1.165, 1.54) is 0 Å². The zero-order valence-electron chi connectivity index (χ0n) is 5.96. The van der Waals surface area contributed by atoms with Crippen molar-refractivity contribution in [2.24, 2.45) is 0 Å². The molecule has 0 aliphatic carbocycles. The summed E-state index contributed by atoms with van der Waals surface area (Å²) in [6.07, 6.45) is 0. The van der Waals surface area contributed by atoms with Crippen LogP contribution >= 0.6 is 23.2 Å². The van der Waals surface area contributed by atoms with Crippen molar-refractivity contribution in [2.45, 2.75) is 5.75 Å². The Bertz CT molecular complexity index is 294. The minimum absolute atomic E-state index is 0.0558. The van der Waals surface area contributed by atoms with Crippen LogP contribution in [0.4, 0.5) is 0 Å². The minimum Gasteiger partial charge on any atom is -0.306 e. The van der Waals surface area contributed by atoms with Crippen molar-refractivity contribution >= 4 is 34.3 Å². The monoisotopic (exact) mass is 224 g/mol. The third-order valence-electron chi connectivity index (χ3n) is 1.21. The third kappa shape index (κ3) is 3.11. The largest absolute Gasteiger partial charge is 0.306 e. The molecule has 1 unspecified atom stereocenters. The van der Waals surface area contributed by atoms with Crippen LogP contribution in [-0.4, -0.2) is 8.76 Å². The molecule has 0 aliphatic heterocycles. The van der Waals surface area contributed by atoms with Gasteiger partial charge in [-0.15, -0.1) is 0 Å². The standard InChI is InChI=1S/C7H6Cl2O2S/c8-6-1-5(4-12(10)11)2-7(9)3-6/h1-3H,4H2,(H,10,11). The molecule has 0 aromatic heterocycles. The molecule has 5 heteroatoms. The topological polar surface area (TPSA) is 37.3 Å². The van der Waals surface area contributed by atoms with E-state index in [-0.39, 0.29) is 5.75 Å². The second-order valence-corrected chi connectivity index (χ2v) is 4.05. The van der Waals surface area contributed by atoms with Crippen LogP contribution in [0.25, 0.3) is 0 Å². The summed E-state index contributed by atoms with van der Waals surface area (Å²) < 4.78 is 19.0. The molecular weight excluding hydrogens is 219 g/mol. The maximum atomic E-state index is 10.4. The van der Waals surface area contributed by atoms with Crippen LogP contribution in [0, 0.1) is 0 Å². The van der Waals surface area contributed by atoms with Crippen LogP contribution in [0.1, 0.15) is 5.56 Å². The molecule has 1 rings (SSSR count). The Hall–Kier alpha value is -0.0900. The van der Waals surface area contributed by atoms with Gasteiger partial charge in [-0.2, -0.15) is 0 Å². The number of halogens is 2. The fourth-order valence-corrected chi connectivity index (χ4v) is 1.86. The molecule has 66 valence electrons. The highest BCUT2D eigenvalue weighted by atomic mass is 35.5. The van der Waals surface area contributed by atoms with Crippen LogP contribution in [0.15, 0.2) is 18.2 Å². The van der Waals surface area contributed by atoms with E-state index in [1.54, 1.807) is 18.2 Å². The molecule has 1 aromatic rings. The zero-order valence-corrected chi connectivity index (χ0v) is 8.29. The van der Waals surface area contributed by atoms with Gasteiger partial charge in [0.05, 0.1) is 5.75 Å². The lowest BCUT2D eigenvalue weighted by Crippen LogP contribution is -1.92. The summed E-state index contributed by atoms with van der Waals surface area (Å²) in [6.45, 7) is 0. The zero-order chi connectivity index (χ0) is 9.14. The Morgan fingerprint density at radius 1 is 1.25 bits per heavy atom. The van der Waals surface area contributed by atoms with Gasteiger partial charge in [0.1, 0.15) is 0 Å². The third-order valence-corrected chi connectivity index (χ3v) is 2.23. The fraction of sp³-hybridized carbons (Fsp3) is 0.143. The fourth-order valence-electron chi connectivity index (χ4n) is 0.837. The van der Waals surface area contributed by atoms with Gasteiger partial charge in [-0.3, -0.25) is 0 Å². The highest BCUT2D eigenvalue weighted by Gasteiger charge is 2.00. The Kier molecular flexibility index (Phi) is 3.53. The van der Waals surface area contributed by atoms with Crippen LogP contribution in [0.2, 0.25) is 10.0 Å². The SMILES string of the molecule is O=S(O)Cc1cc(Cl)cc(Cl)c1. The van der Waals surface area contributed by atoms with Gasteiger partial charge >= 0.3 is 0 Å². The van der Waals surface area contributed by atoms with Crippen LogP contribution in [0.3, 0.4) is 0 Å². The Morgan fingerprint density at radius 2 is 1.75 bits per heavy atom. The number of rotatable bonds is 2. The summed E-state index contributed by atoms with van der Waals surface area (Å²) in [5, 5.41) is 0.950. The van der Waals surface area contributed by atoms with E-state index in [9.17, 15) is 4.21 Å². The lowest BCUT2D eigenvalue weighted by atomic mass is 10.2. The second kappa shape index (κ2) is 4.23. The Morgan fingerprint density at radius 3 is 2.17 bits per heavy atom. The van der Waals surface area contributed by atoms with Crippen molar-refractivity contribution < 1.29 is 8.76 Å². The van der Waals surface area contributed by atoms with Crippen molar-refractivity contribution in [1.82, 2.24) is 0 Å². The molecule has 2 nitrogen and oxygen atoms in total. The van der Waals surface area contributed by atoms with Gasteiger partial charge < -0.3 is 4.55 Å². The molecule has 0 heterocycles. The molecule has 12 heavy (non-hydrogen) atoms. The molecule has 0 bridgehead atoms. The molecule has 0 radical (unpaired) electrons. The average molecular weight is 225 g/mol. The summed E-state index contributed by atoms with van der Waals surface area (Å²) in [5.74, 6) is 0.0558. The first-order valence-electron chi connectivity index (χ1n) is 3.10. The molecule has 0 aliphatic rings. The summed E-state index contributed by atoms with van der Waals surface area (Å²) in [7, 11) is 0. The van der Waals surface area contributed by atoms with Crippen LogP contribution in [-0.2, 0) is 16.8 Å². The Balaban J connectivity index is 2.93. The van der Waals surface area contributed by atoms with Crippen molar-refractivity contribution in [3.63, 3.8) is 0 Å². The summed E-state index contributed by atoms with van der Waals surface area (Å²) in [5.41, 5.74) is 0.660. The lowest BCUT2D eigenvalue weighted by molar-refractivity contribution is 0.563. The van der Waals surface area contributed by atoms with Crippen molar-refractivity contribution in [3.05, 3.63) is 33.8 Å². The molecule has 0 saturated carbocycles. The van der Waals surface area contributed by atoms with E-state index in [0.717, 1.165) is 0 Å². The second-order valence-electron chi connectivity index (χ2n) is 2.24. The maximum Gasteiger partial charge on any atom is 0.157 e. The van der Waals surface area contributed by atoms with E-state index >= 15 is 0 Å². The normalized spacial score (nSPS) is 12.9. The lowest BCUT2D eigenvalue weighted by Gasteiger charge is -1.99. The van der Waals surface area contributed by atoms with Crippen LogP contribution < -0.4 is 0 Å². The first kappa shape index (κ1) is 9.99. The number of benzene rings is 1. The molecule has 1 N–H and O–H groups in total. The van der Waals surface area contributed by atoms with Gasteiger partial charge in [-0.25, -0.2) is 4.21 Å². The van der Waals surface area contributed by atoms with Crippen molar-refractivity contribution in [3.8, 4) is 0 Å². The summed E-state index contributed by atoms with van der Waals surface area (Å²) >= 11 is 9.49. The van der Waals surface area contributed by atoms with E-state index in [0.29, 0.717) is 15.6 Å². The highest BCUT2D eigenvalue weighted by Crippen LogP contribution is 2.19. The molecule has 0 saturated heterocycles. The van der Waals surface area contributed by atoms with E-state index < -0.39 is 11.1 Å². The van der Waals surface area contributed by atoms with E-state index in [4.69, 9.17) is 27.8 Å². The quantitative estimate of drug-likeness (QED) is 0.785. The van der Waals surface area contributed by atoms with E-state index in [2.05, 4.69) is 0 Å². The van der Waals surface area contributed by atoms with Gasteiger partial charge in [0.25, 0.3) is 0 Å². The minimum atomic E-state index is -1.85. The molecule has 1 atom stereocenters. The number of hydrogen-bond donors (Lipinski definition) is 1. The van der Waals surface area contributed by atoms with Crippen LogP contribution in [0.5, 0.6) is 0 Å². The van der Waals surface area contributed by atoms with Gasteiger partial charge in [-0.1, -0.05) is 23.2 Å². The summed E-state index contributed by atoms with van der Waals surface area (Å²) in [4.78, 5) is 0. The van der Waals surface area contributed by atoms with E-state index in [1.807, 2.05) is 0 Å². The first-order valence-corrected chi connectivity index (χ1v) is 5.13. The molecular formula is C7H6Cl2O2S. The van der Waals surface area contributed by atoms with Gasteiger partial charge in [0.15, 0.2) is 11.1 Å².